The van der Waals surface area contributed by atoms with Crippen molar-refractivity contribution in [1.82, 2.24) is 10.2 Å². The van der Waals surface area contributed by atoms with Crippen molar-refractivity contribution in [2.24, 2.45) is 5.92 Å². The third-order valence-corrected chi connectivity index (χ3v) is 3.88. The summed E-state index contributed by atoms with van der Waals surface area (Å²) >= 11 is 0. The van der Waals surface area contributed by atoms with Gasteiger partial charge in [0.2, 0.25) is 0 Å². The van der Waals surface area contributed by atoms with Gasteiger partial charge in [-0.3, -0.25) is 0 Å². The molecule has 3 nitrogen and oxygen atoms in total. The summed E-state index contributed by atoms with van der Waals surface area (Å²) in [5.41, 5.74) is 2.58. The predicted molar refractivity (Wildman–Crippen MR) is 79.7 cm³/mol. The molecule has 1 fully saturated rings. The van der Waals surface area contributed by atoms with E-state index in [4.69, 9.17) is 4.74 Å². The van der Waals surface area contributed by atoms with E-state index in [1.807, 2.05) is 0 Å². The molecule has 1 aromatic carbocycles. The Labute approximate surface area is 116 Å². The highest BCUT2D eigenvalue weighted by atomic mass is 16.5. The van der Waals surface area contributed by atoms with Crippen LogP contribution in [0.5, 0.6) is 5.75 Å². The lowest BCUT2D eigenvalue weighted by Crippen LogP contribution is -2.36. The normalized spacial score (nSPS) is 19.7. The molecule has 0 saturated carbocycles. The van der Waals surface area contributed by atoms with Gasteiger partial charge in [-0.2, -0.15) is 0 Å². The smallest absolute Gasteiger partial charge is 0.121 e. The zero-order valence-corrected chi connectivity index (χ0v) is 12.4. The molecular formula is C16H26N2O. The first-order valence-corrected chi connectivity index (χ1v) is 7.22. The summed E-state index contributed by atoms with van der Waals surface area (Å²) in [5.74, 6) is 1.78. The molecule has 0 aliphatic carbocycles. The summed E-state index contributed by atoms with van der Waals surface area (Å²) < 4.78 is 5.30. The fraction of sp³-hybridized carbons (Fsp3) is 0.625. The van der Waals surface area contributed by atoms with Gasteiger partial charge in [-0.05, 0) is 63.0 Å². The molecule has 106 valence electrons. The van der Waals surface area contributed by atoms with Gasteiger partial charge in [0.25, 0.3) is 0 Å². The van der Waals surface area contributed by atoms with Crippen LogP contribution in [0.4, 0.5) is 0 Å². The van der Waals surface area contributed by atoms with Gasteiger partial charge in [-0.1, -0.05) is 12.1 Å². The number of hydrogen-bond acceptors (Lipinski definition) is 3. The summed E-state index contributed by atoms with van der Waals surface area (Å²) in [6.07, 6.45) is 2.68. The van der Waals surface area contributed by atoms with Gasteiger partial charge in [0, 0.05) is 13.1 Å². The van der Waals surface area contributed by atoms with Crippen molar-refractivity contribution in [3.8, 4) is 5.75 Å². The Morgan fingerprint density at radius 2 is 2.26 bits per heavy atom. The van der Waals surface area contributed by atoms with E-state index in [9.17, 15) is 0 Å². The quantitative estimate of drug-likeness (QED) is 0.882. The maximum Gasteiger partial charge on any atom is 0.121 e. The van der Waals surface area contributed by atoms with E-state index in [1.54, 1.807) is 7.11 Å². The third kappa shape index (κ3) is 4.22. The molecule has 1 heterocycles. The molecule has 1 aliphatic heterocycles. The molecule has 0 aromatic heterocycles. The maximum atomic E-state index is 5.30. The van der Waals surface area contributed by atoms with Crippen LogP contribution in [0.3, 0.4) is 0 Å². The van der Waals surface area contributed by atoms with Crippen molar-refractivity contribution >= 4 is 0 Å². The van der Waals surface area contributed by atoms with Crippen LogP contribution >= 0.6 is 0 Å². The first kappa shape index (κ1) is 14.4. The van der Waals surface area contributed by atoms with E-state index in [-0.39, 0.29) is 0 Å². The summed E-state index contributed by atoms with van der Waals surface area (Å²) in [6, 6.07) is 6.47. The second-order valence-corrected chi connectivity index (χ2v) is 5.71. The Hall–Kier alpha value is -1.06. The molecule has 0 bridgehead atoms. The SMILES string of the molecule is COc1ccc(CN(C)CC2CCCNC2)cc1C. The van der Waals surface area contributed by atoms with E-state index in [2.05, 4.69) is 42.4 Å². The molecule has 1 aromatic rings. The highest BCUT2D eigenvalue weighted by Gasteiger charge is 2.15. The van der Waals surface area contributed by atoms with Gasteiger partial charge in [-0.25, -0.2) is 0 Å². The van der Waals surface area contributed by atoms with Gasteiger partial charge in [0.1, 0.15) is 5.75 Å². The number of methoxy groups -OCH3 is 1. The number of rotatable bonds is 5. The number of hydrogen-bond donors (Lipinski definition) is 1. The Balaban J connectivity index is 1.87. The molecule has 2 rings (SSSR count). The first-order chi connectivity index (χ1) is 9.19. The van der Waals surface area contributed by atoms with Crippen molar-refractivity contribution < 1.29 is 4.74 Å². The van der Waals surface area contributed by atoms with Crippen LogP contribution in [0.25, 0.3) is 0 Å². The van der Waals surface area contributed by atoms with E-state index >= 15 is 0 Å². The van der Waals surface area contributed by atoms with Crippen LogP contribution in [0.1, 0.15) is 24.0 Å². The second-order valence-electron chi connectivity index (χ2n) is 5.71. The minimum absolute atomic E-state index is 0.804. The fourth-order valence-corrected chi connectivity index (χ4v) is 2.94. The van der Waals surface area contributed by atoms with Crippen molar-refractivity contribution in [3.05, 3.63) is 29.3 Å². The molecule has 1 unspecified atom stereocenters. The minimum atomic E-state index is 0.804. The summed E-state index contributed by atoms with van der Waals surface area (Å²) in [7, 11) is 3.94. The summed E-state index contributed by atoms with van der Waals surface area (Å²) in [4.78, 5) is 2.43. The molecule has 1 aliphatic rings. The molecule has 1 N–H and O–H groups in total. The van der Waals surface area contributed by atoms with Crippen LogP contribution in [0, 0.1) is 12.8 Å². The molecule has 3 heteroatoms. The van der Waals surface area contributed by atoms with Crippen molar-refractivity contribution in [2.45, 2.75) is 26.3 Å². The largest absolute Gasteiger partial charge is 0.496 e. The van der Waals surface area contributed by atoms with Gasteiger partial charge >= 0.3 is 0 Å². The summed E-state index contributed by atoms with van der Waals surface area (Å²) in [6.45, 7) is 6.66. The number of nitrogens with one attached hydrogen (secondary N) is 1. The van der Waals surface area contributed by atoms with Crippen LogP contribution in [-0.4, -0.2) is 38.7 Å². The molecule has 19 heavy (non-hydrogen) atoms. The van der Waals surface area contributed by atoms with Gasteiger partial charge in [-0.15, -0.1) is 0 Å². The van der Waals surface area contributed by atoms with E-state index in [1.165, 1.54) is 43.6 Å². The highest BCUT2D eigenvalue weighted by Crippen LogP contribution is 2.20. The first-order valence-electron chi connectivity index (χ1n) is 7.22. The second kappa shape index (κ2) is 6.92. The van der Waals surface area contributed by atoms with Crippen molar-refractivity contribution in [3.63, 3.8) is 0 Å². The Bertz CT molecular complexity index is 400. The maximum absolute atomic E-state index is 5.30. The van der Waals surface area contributed by atoms with Crippen LogP contribution in [-0.2, 0) is 6.54 Å². The molecular weight excluding hydrogens is 236 g/mol. The molecule has 1 atom stereocenters. The van der Waals surface area contributed by atoms with Crippen molar-refractivity contribution in [1.29, 1.82) is 0 Å². The third-order valence-electron chi connectivity index (χ3n) is 3.88. The minimum Gasteiger partial charge on any atom is -0.496 e. The van der Waals surface area contributed by atoms with Gasteiger partial charge in [0.05, 0.1) is 7.11 Å². The number of ether oxygens (including phenoxy) is 1. The highest BCUT2D eigenvalue weighted by molar-refractivity contribution is 5.36. The lowest BCUT2D eigenvalue weighted by atomic mass is 9.99. The average molecular weight is 262 g/mol. The Morgan fingerprint density at radius 3 is 2.89 bits per heavy atom. The zero-order chi connectivity index (χ0) is 13.7. The monoisotopic (exact) mass is 262 g/mol. The zero-order valence-electron chi connectivity index (χ0n) is 12.4. The van der Waals surface area contributed by atoms with Crippen LogP contribution in [0.2, 0.25) is 0 Å². The predicted octanol–water partition coefficient (Wildman–Crippen LogP) is 2.44. The van der Waals surface area contributed by atoms with Gasteiger partial charge in [0.15, 0.2) is 0 Å². The number of benzene rings is 1. The Kier molecular flexibility index (Phi) is 5.23. The standard InChI is InChI=1S/C16H26N2O/c1-13-9-14(6-7-16(13)19-3)11-18(2)12-15-5-4-8-17-10-15/h6-7,9,15,17H,4-5,8,10-12H2,1-3H3. The Morgan fingerprint density at radius 1 is 1.42 bits per heavy atom. The van der Waals surface area contributed by atoms with E-state index < -0.39 is 0 Å². The van der Waals surface area contributed by atoms with Crippen LogP contribution in [0.15, 0.2) is 18.2 Å². The van der Waals surface area contributed by atoms with E-state index in [0.717, 1.165) is 18.2 Å². The lowest BCUT2D eigenvalue weighted by molar-refractivity contribution is 0.237. The number of nitrogens with zero attached hydrogens (tertiary/aromatic N) is 1. The molecule has 1 saturated heterocycles. The number of aryl methyl sites for hydroxylation is 1. The average Bonchev–Trinajstić information content (AvgIpc) is 2.40. The van der Waals surface area contributed by atoms with Crippen molar-refractivity contribution in [2.75, 3.05) is 33.8 Å². The molecule has 0 spiro atoms. The topological polar surface area (TPSA) is 24.5 Å². The van der Waals surface area contributed by atoms with Gasteiger partial charge < -0.3 is 15.0 Å². The number of piperidine rings is 1. The van der Waals surface area contributed by atoms with Crippen LogP contribution < -0.4 is 10.1 Å². The molecule has 0 amide bonds. The lowest BCUT2D eigenvalue weighted by Gasteiger charge is -2.27. The summed E-state index contributed by atoms with van der Waals surface area (Å²) in [5, 5.41) is 3.49. The molecule has 0 radical (unpaired) electrons. The fourth-order valence-electron chi connectivity index (χ4n) is 2.94. The van der Waals surface area contributed by atoms with E-state index in [0.29, 0.717) is 0 Å².